The highest BCUT2D eigenvalue weighted by molar-refractivity contribution is 5.82. The van der Waals surface area contributed by atoms with Crippen LogP contribution in [-0.4, -0.2) is 25.4 Å². The van der Waals surface area contributed by atoms with E-state index in [1.54, 1.807) is 12.1 Å². The van der Waals surface area contributed by atoms with Crippen molar-refractivity contribution in [3.05, 3.63) is 23.8 Å². The van der Waals surface area contributed by atoms with Crippen LogP contribution in [0.1, 0.15) is 17.3 Å². The summed E-state index contributed by atoms with van der Waals surface area (Å²) >= 11 is 0. The monoisotopic (exact) mass is 223 g/mol. The number of nitrogens with two attached hydrogens (primary N) is 1. The number of amides is 1. The topological polar surface area (TPSA) is 78.6 Å². The zero-order valence-electron chi connectivity index (χ0n) is 9.10. The zero-order valence-corrected chi connectivity index (χ0v) is 9.10. The second-order valence-corrected chi connectivity index (χ2v) is 3.18. The Bertz CT molecular complexity index is 403. The highest BCUT2D eigenvalue weighted by Crippen LogP contribution is 2.23. The lowest BCUT2D eigenvalue weighted by molar-refractivity contribution is -0.123. The maximum Gasteiger partial charge on any atom is 0.258 e. The Morgan fingerprint density at radius 2 is 2.19 bits per heavy atom. The molecule has 0 unspecified atom stereocenters. The van der Waals surface area contributed by atoms with Crippen molar-refractivity contribution in [3.8, 4) is 11.5 Å². The number of primary amides is 1. The van der Waals surface area contributed by atoms with E-state index in [1.165, 1.54) is 20.1 Å². The first kappa shape index (κ1) is 12.0. The first-order chi connectivity index (χ1) is 7.58. The second-order valence-electron chi connectivity index (χ2n) is 3.18. The number of benzene rings is 1. The number of rotatable bonds is 5. The van der Waals surface area contributed by atoms with Crippen LogP contribution in [0.4, 0.5) is 0 Å². The second kappa shape index (κ2) is 5.16. The lowest BCUT2D eigenvalue weighted by Crippen LogP contribution is -2.30. The van der Waals surface area contributed by atoms with E-state index in [2.05, 4.69) is 0 Å². The van der Waals surface area contributed by atoms with E-state index in [4.69, 9.17) is 15.2 Å². The average molecular weight is 223 g/mol. The van der Waals surface area contributed by atoms with E-state index in [9.17, 15) is 9.59 Å². The van der Waals surface area contributed by atoms with Crippen LogP contribution < -0.4 is 15.2 Å². The van der Waals surface area contributed by atoms with Gasteiger partial charge in [0.25, 0.3) is 5.91 Å². The lowest BCUT2D eigenvalue weighted by atomic mass is 10.2. The number of aldehydes is 1. The fourth-order valence-corrected chi connectivity index (χ4v) is 1.10. The molecule has 0 heterocycles. The highest BCUT2D eigenvalue weighted by atomic mass is 16.5. The van der Waals surface area contributed by atoms with Crippen molar-refractivity contribution in [3.63, 3.8) is 0 Å². The molecule has 0 fully saturated rings. The number of methoxy groups -OCH3 is 1. The number of hydrogen-bond donors (Lipinski definition) is 1. The van der Waals surface area contributed by atoms with Crippen LogP contribution in [-0.2, 0) is 4.79 Å². The molecule has 2 N–H and O–H groups in total. The molecule has 5 nitrogen and oxygen atoms in total. The van der Waals surface area contributed by atoms with Crippen molar-refractivity contribution in [1.29, 1.82) is 0 Å². The summed E-state index contributed by atoms with van der Waals surface area (Å²) in [7, 11) is 1.50. The van der Waals surface area contributed by atoms with Crippen LogP contribution in [0.2, 0.25) is 0 Å². The molecular weight excluding hydrogens is 210 g/mol. The number of hydrogen-bond acceptors (Lipinski definition) is 4. The summed E-state index contributed by atoms with van der Waals surface area (Å²) in [5.41, 5.74) is 5.37. The Kier molecular flexibility index (Phi) is 3.88. The molecule has 0 spiro atoms. The van der Waals surface area contributed by atoms with Crippen LogP contribution in [0.5, 0.6) is 11.5 Å². The summed E-state index contributed by atoms with van der Waals surface area (Å²) < 4.78 is 10.2. The molecule has 1 atom stereocenters. The largest absolute Gasteiger partial charge is 0.497 e. The Morgan fingerprint density at radius 1 is 1.50 bits per heavy atom. The van der Waals surface area contributed by atoms with Gasteiger partial charge in [0.1, 0.15) is 11.5 Å². The van der Waals surface area contributed by atoms with Gasteiger partial charge in [-0.3, -0.25) is 9.59 Å². The van der Waals surface area contributed by atoms with Crippen LogP contribution in [0.3, 0.4) is 0 Å². The third-order valence-electron chi connectivity index (χ3n) is 2.05. The average Bonchev–Trinajstić information content (AvgIpc) is 2.29. The molecule has 86 valence electrons. The molecule has 0 bridgehead atoms. The first-order valence-electron chi connectivity index (χ1n) is 4.67. The minimum Gasteiger partial charge on any atom is -0.497 e. The Hall–Kier alpha value is -2.04. The molecule has 1 amide bonds. The minimum atomic E-state index is -0.785. The Balaban J connectivity index is 2.95. The Labute approximate surface area is 93.1 Å². The standard InChI is InChI=1S/C11H13NO4/c1-7(11(12)14)16-10-4-3-9(15-2)5-8(10)6-13/h3-7H,1-2H3,(H2,12,14)/t7-/m1/s1. The predicted molar refractivity (Wildman–Crippen MR) is 57.7 cm³/mol. The molecule has 0 aliphatic rings. The first-order valence-corrected chi connectivity index (χ1v) is 4.67. The molecule has 1 rings (SSSR count). The maximum absolute atomic E-state index is 10.8. The van der Waals surface area contributed by atoms with Gasteiger partial charge in [-0.1, -0.05) is 0 Å². The molecule has 0 saturated heterocycles. The van der Waals surface area contributed by atoms with Gasteiger partial charge in [-0.05, 0) is 25.1 Å². The van der Waals surface area contributed by atoms with Gasteiger partial charge in [0.15, 0.2) is 12.4 Å². The number of carbonyl (C=O) groups is 2. The van der Waals surface area contributed by atoms with Crippen molar-refractivity contribution in [1.82, 2.24) is 0 Å². The van der Waals surface area contributed by atoms with E-state index in [-0.39, 0.29) is 0 Å². The van der Waals surface area contributed by atoms with Crippen molar-refractivity contribution in [2.24, 2.45) is 5.73 Å². The summed E-state index contributed by atoms with van der Waals surface area (Å²) in [6.07, 6.45) is -0.155. The summed E-state index contributed by atoms with van der Waals surface area (Å²) in [6, 6.07) is 4.72. The SMILES string of the molecule is COc1ccc(O[C@H](C)C(N)=O)c(C=O)c1. The van der Waals surface area contributed by atoms with E-state index in [0.717, 1.165) is 0 Å². The fourth-order valence-electron chi connectivity index (χ4n) is 1.10. The van der Waals surface area contributed by atoms with E-state index in [1.807, 2.05) is 0 Å². The minimum absolute atomic E-state index is 0.308. The molecule has 5 heteroatoms. The predicted octanol–water partition coefficient (Wildman–Crippen LogP) is 0.760. The molecule has 0 aliphatic heterocycles. The van der Waals surface area contributed by atoms with Crippen molar-refractivity contribution in [2.45, 2.75) is 13.0 Å². The molecule has 16 heavy (non-hydrogen) atoms. The number of carbonyl (C=O) groups excluding carboxylic acids is 2. The Morgan fingerprint density at radius 3 is 2.69 bits per heavy atom. The van der Waals surface area contributed by atoms with Crippen LogP contribution in [0, 0.1) is 0 Å². The van der Waals surface area contributed by atoms with Gasteiger partial charge in [-0.25, -0.2) is 0 Å². The van der Waals surface area contributed by atoms with E-state index in [0.29, 0.717) is 23.3 Å². The summed E-state index contributed by atoms with van der Waals surface area (Å²) in [6.45, 7) is 1.52. The van der Waals surface area contributed by atoms with E-state index >= 15 is 0 Å². The van der Waals surface area contributed by atoms with Crippen molar-refractivity contribution >= 4 is 12.2 Å². The van der Waals surface area contributed by atoms with Crippen LogP contribution in [0.25, 0.3) is 0 Å². The summed E-state index contributed by atoms with van der Waals surface area (Å²) in [4.78, 5) is 21.6. The highest BCUT2D eigenvalue weighted by Gasteiger charge is 2.13. The van der Waals surface area contributed by atoms with Gasteiger partial charge in [0, 0.05) is 0 Å². The van der Waals surface area contributed by atoms with Gasteiger partial charge < -0.3 is 15.2 Å². The smallest absolute Gasteiger partial charge is 0.258 e. The van der Waals surface area contributed by atoms with Gasteiger partial charge >= 0.3 is 0 Å². The molecule has 0 saturated carbocycles. The van der Waals surface area contributed by atoms with Crippen molar-refractivity contribution in [2.75, 3.05) is 7.11 Å². The maximum atomic E-state index is 10.8. The summed E-state index contributed by atoms with van der Waals surface area (Å²) in [5.74, 6) is 0.260. The van der Waals surface area contributed by atoms with Gasteiger partial charge in [-0.15, -0.1) is 0 Å². The van der Waals surface area contributed by atoms with Gasteiger partial charge in [-0.2, -0.15) is 0 Å². The summed E-state index contributed by atoms with van der Waals surface area (Å²) in [5, 5.41) is 0. The quantitative estimate of drug-likeness (QED) is 0.747. The molecule has 0 radical (unpaired) electrons. The van der Waals surface area contributed by atoms with Crippen LogP contribution >= 0.6 is 0 Å². The molecule has 1 aromatic carbocycles. The van der Waals surface area contributed by atoms with Crippen LogP contribution in [0.15, 0.2) is 18.2 Å². The van der Waals surface area contributed by atoms with E-state index < -0.39 is 12.0 Å². The molecular formula is C11H13NO4. The third-order valence-corrected chi connectivity index (χ3v) is 2.05. The number of ether oxygens (including phenoxy) is 2. The van der Waals surface area contributed by atoms with Gasteiger partial charge in [0.05, 0.1) is 12.7 Å². The fraction of sp³-hybridized carbons (Fsp3) is 0.273. The molecule has 0 aliphatic carbocycles. The lowest BCUT2D eigenvalue weighted by Gasteiger charge is -2.13. The van der Waals surface area contributed by atoms with Crippen molar-refractivity contribution < 1.29 is 19.1 Å². The molecule has 0 aromatic heterocycles. The van der Waals surface area contributed by atoms with Gasteiger partial charge in [0.2, 0.25) is 0 Å². The third kappa shape index (κ3) is 2.73. The molecule has 1 aromatic rings. The normalized spacial score (nSPS) is 11.6. The zero-order chi connectivity index (χ0) is 12.1.